The number of likely N-dealkylation sites (N-methyl/N-ethyl adjacent to an activating group) is 2. The Morgan fingerprint density at radius 1 is 1.07 bits per heavy atom. The standard InChI is InChI=1S/C32H59N3O7/c1-20-16-32(6,39-11)28(42-29-26(36)24(33(7)8)15-21(2)41-29)22(3)27(37)31(4,5)30(38)40-19-25(35(10)17-20)23-13-12-14-34(9)18-23/h20-26,28-29,36H,12-19H2,1-11H3/t20-,21-,22+,23?,24+,25-,26-,28-,29+,32-/m1/s1. The van der Waals surface area contributed by atoms with E-state index in [0.717, 1.165) is 32.5 Å². The molecule has 1 unspecified atom stereocenters. The van der Waals surface area contributed by atoms with Crippen molar-refractivity contribution in [2.24, 2.45) is 23.2 Å². The Kier molecular flexibility index (Phi) is 12.0. The van der Waals surface area contributed by atoms with Crippen LogP contribution in [0, 0.1) is 23.2 Å². The largest absolute Gasteiger partial charge is 0.463 e. The molecule has 0 aliphatic carbocycles. The molecule has 0 amide bonds. The number of hydrogen-bond acceptors (Lipinski definition) is 10. The van der Waals surface area contributed by atoms with Crippen LogP contribution in [-0.4, -0.2) is 135 Å². The van der Waals surface area contributed by atoms with E-state index in [1.807, 2.05) is 32.8 Å². The van der Waals surface area contributed by atoms with E-state index in [1.54, 1.807) is 27.9 Å². The number of piperidine rings is 1. The van der Waals surface area contributed by atoms with Gasteiger partial charge in [0.2, 0.25) is 0 Å². The van der Waals surface area contributed by atoms with E-state index in [-0.39, 0.29) is 36.5 Å². The van der Waals surface area contributed by atoms with Crippen LogP contribution in [0.25, 0.3) is 0 Å². The minimum atomic E-state index is -1.40. The van der Waals surface area contributed by atoms with Gasteiger partial charge in [0, 0.05) is 38.2 Å². The van der Waals surface area contributed by atoms with E-state index < -0.39 is 41.4 Å². The van der Waals surface area contributed by atoms with Crippen molar-refractivity contribution in [3.63, 3.8) is 0 Å². The molecule has 3 rings (SSSR count). The van der Waals surface area contributed by atoms with Gasteiger partial charge in [0.25, 0.3) is 0 Å². The van der Waals surface area contributed by atoms with Gasteiger partial charge in [-0.05, 0) is 99.9 Å². The first kappa shape index (κ1) is 35.3. The Morgan fingerprint density at radius 2 is 1.74 bits per heavy atom. The molecule has 244 valence electrons. The highest BCUT2D eigenvalue weighted by Gasteiger charge is 2.51. The maximum absolute atomic E-state index is 14.2. The Balaban J connectivity index is 1.99. The summed E-state index contributed by atoms with van der Waals surface area (Å²) in [6.07, 6.45) is 0.660. The second kappa shape index (κ2) is 14.3. The lowest BCUT2D eigenvalue weighted by molar-refractivity contribution is -0.295. The van der Waals surface area contributed by atoms with E-state index >= 15 is 0 Å². The molecule has 3 fully saturated rings. The van der Waals surface area contributed by atoms with Crippen molar-refractivity contribution < 1.29 is 33.6 Å². The van der Waals surface area contributed by atoms with Crippen molar-refractivity contribution in [1.82, 2.24) is 14.7 Å². The fraction of sp³-hybridized carbons (Fsp3) is 0.938. The normalized spacial score (nSPS) is 42.0. The minimum absolute atomic E-state index is 0.0410. The quantitative estimate of drug-likeness (QED) is 0.376. The third-order valence-corrected chi connectivity index (χ3v) is 10.1. The number of methoxy groups -OCH3 is 1. The Hall–Kier alpha value is -1.14. The number of esters is 1. The molecular formula is C32H59N3O7. The SMILES string of the molecule is CO[C@]1(C)C[C@@H](C)CN(C)[C@@H](C2CCCN(C)C2)COC(=O)C(C)(C)C(=O)[C@H](C)[C@H]1O[C@@H]1O[C@H](C)C[C@H](N(C)C)[C@H]1O. The predicted molar refractivity (Wildman–Crippen MR) is 162 cm³/mol. The molecule has 3 aliphatic rings. The number of aliphatic hydroxyl groups excluding tert-OH is 1. The van der Waals surface area contributed by atoms with Crippen molar-refractivity contribution in [1.29, 1.82) is 0 Å². The number of carbonyl (C=O) groups excluding carboxylic acids is 2. The first-order valence-corrected chi connectivity index (χ1v) is 15.8. The zero-order valence-electron chi connectivity index (χ0n) is 28.1. The van der Waals surface area contributed by atoms with Crippen LogP contribution in [0.2, 0.25) is 0 Å². The Morgan fingerprint density at radius 3 is 2.33 bits per heavy atom. The average molecular weight is 598 g/mol. The lowest BCUT2D eigenvalue weighted by Crippen LogP contribution is -2.59. The molecule has 42 heavy (non-hydrogen) atoms. The van der Waals surface area contributed by atoms with Crippen LogP contribution in [0.5, 0.6) is 0 Å². The van der Waals surface area contributed by atoms with Crippen LogP contribution in [0.15, 0.2) is 0 Å². The summed E-state index contributed by atoms with van der Waals surface area (Å²) in [5, 5.41) is 11.3. The molecule has 0 aromatic carbocycles. The molecule has 10 heteroatoms. The molecule has 10 nitrogen and oxygen atoms in total. The number of hydrogen-bond donors (Lipinski definition) is 1. The van der Waals surface area contributed by atoms with Crippen LogP contribution in [0.4, 0.5) is 0 Å². The Labute approximate surface area is 254 Å². The third-order valence-electron chi connectivity index (χ3n) is 10.1. The first-order chi connectivity index (χ1) is 19.5. The highest BCUT2D eigenvalue weighted by atomic mass is 16.7. The molecule has 0 radical (unpaired) electrons. The van der Waals surface area contributed by atoms with Crippen LogP contribution in [-0.2, 0) is 28.5 Å². The van der Waals surface area contributed by atoms with Crippen molar-refractivity contribution >= 4 is 11.8 Å². The fourth-order valence-electron chi connectivity index (χ4n) is 7.58. The van der Waals surface area contributed by atoms with Gasteiger partial charge in [0.05, 0.1) is 17.8 Å². The van der Waals surface area contributed by atoms with E-state index in [9.17, 15) is 14.7 Å². The van der Waals surface area contributed by atoms with Gasteiger partial charge in [0.15, 0.2) is 12.1 Å². The van der Waals surface area contributed by atoms with E-state index in [4.69, 9.17) is 18.9 Å². The molecule has 3 aliphatic heterocycles. The number of likely N-dealkylation sites (tertiary alicyclic amines) is 1. The number of carbonyl (C=O) groups is 2. The van der Waals surface area contributed by atoms with Gasteiger partial charge in [-0.25, -0.2) is 0 Å². The number of rotatable bonds is 5. The second-order valence-corrected chi connectivity index (χ2v) is 14.5. The summed E-state index contributed by atoms with van der Waals surface area (Å²) >= 11 is 0. The number of ether oxygens (including phenoxy) is 4. The van der Waals surface area contributed by atoms with E-state index in [2.05, 4.69) is 30.8 Å². The summed E-state index contributed by atoms with van der Waals surface area (Å²) in [6, 6.07) is -0.123. The molecule has 3 saturated heterocycles. The van der Waals surface area contributed by atoms with Crippen LogP contribution < -0.4 is 0 Å². The predicted octanol–water partition coefficient (Wildman–Crippen LogP) is 2.66. The van der Waals surface area contributed by atoms with Crippen LogP contribution in [0.3, 0.4) is 0 Å². The lowest BCUT2D eigenvalue weighted by Gasteiger charge is -2.47. The zero-order chi connectivity index (χ0) is 31.6. The smallest absolute Gasteiger partial charge is 0.319 e. The summed E-state index contributed by atoms with van der Waals surface area (Å²) in [5.74, 6) is -1.01. The molecule has 1 N–H and O–H groups in total. The van der Waals surface area contributed by atoms with Crippen molar-refractivity contribution in [2.45, 2.75) is 110 Å². The molecular weight excluding hydrogens is 538 g/mol. The second-order valence-electron chi connectivity index (χ2n) is 14.5. The van der Waals surface area contributed by atoms with Gasteiger partial charge in [-0.2, -0.15) is 0 Å². The van der Waals surface area contributed by atoms with Crippen molar-refractivity contribution in [3.05, 3.63) is 0 Å². The third kappa shape index (κ3) is 7.92. The van der Waals surface area contributed by atoms with Gasteiger partial charge in [-0.3, -0.25) is 14.5 Å². The number of Topliss-reactive ketones (excluding diaryl/α,β-unsaturated/α-hetero) is 1. The van der Waals surface area contributed by atoms with Crippen LogP contribution >= 0.6 is 0 Å². The molecule has 0 aromatic rings. The highest BCUT2D eigenvalue weighted by molar-refractivity contribution is 6.04. The molecule has 10 atom stereocenters. The molecule has 0 saturated carbocycles. The fourth-order valence-corrected chi connectivity index (χ4v) is 7.58. The summed E-state index contributed by atoms with van der Waals surface area (Å²) < 4.78 is 25.0. The zero-order valence-corrected chi connectivity index (χ0v) is 28.1. The van der Waals surface area contributed by atoms with Gasteiger partial charge in [-0.15, -0.1) is 0 Å². The van der Waals surface area contributed by atoms with Crippen molar-refractivity contribution in [3.8, 4) is 0 Å². The maximum atomic E-state index is 14.2. The minimum Gasteiger partial charge on any atom is -0.463 e. The summed E-state index contributed by atoms with van der Waals surface area (Å²) in [5.41, 5.74) is -2.30. The van der Waals surface area contributed by atoms with Gasteiger partial charge < -0.3 is 33.9 Å². The molecule has 0 aromatic heterocycles. The summed E-state index contributed by atoms with van der Waals surface area (Å²) in [4.78, 5) is 34.4. The van der Waals surface area contributed by atoms with Gasteiger partial charge in [0.1, 0.15) is 18.1 Å². The number of nitrogens with zero attached hydrogens (tertiary/aromatic N) is 3. The highest BCUT2D eigenvalue weighted by Crippen LogP contribution is 2.38. The van der Waals surface area contributed by atoms with Crippen LogP contribution in [0.1, 0.15) is 67.2 Å². The molecule has 3 heterocycles. The Bertz CT molecular complexity index is 917. The summed E-state index contributed by atoms with van der Waals surface area (Å²) in [7, 11) is 9.75. The molecule has 0 spiro atoms. The topological polar surface area (TPSA) is 101 Å². The summed E-state index contributed by atoms with van der Waals surface area (Å²) in [6.45, 7) is 14.2. The molecule has 0 bridgehead atoms. The number of aliphatic hydroxyl groups is 1. The first-order valence-electron chi connectivity index (χ1n) is 15.8. The van der Waals surface area contributed by atoms with Gasteiger partial charge >= 0.3 is 5.97 Å². The lowest BCUT2D eigenvalue weighted by atomic mass is 9.74. The van der Waals surface area contributed by atoms with Gasteiger partial charge in [-0.1, -0.05) is 13.8 Å². The maximum Gasteiger partial charge on any atom is 0.319 e. The number of ketones is 1. The van der Waals surface area contributed by atoms with E-state index in [0.29, 0.717) is 18.8 Å². The average Bonchev–Trinajstić information content (AvgIpc) is 2.91. The monoisotopic (exact) mass is 597 g/mol. The number of cyclic esters (lactones) is 1. The van der Waals surface area contributed by atoms with Crippen molar-refractivity contribution in [2.75, 3.05) is 61.5 Å². The van der Waals surface area contributed by atoms with E-state index in [1.165, 1.54) is 0 Å².